The van der Waals surface area contributed by atoms with Gasteiger partial charge in [0.25, 0.3) is 0 Å². The Morgan fingerprint density at radius 2 is 1.97 bits per heavy atom. The summed E-state index contributed by atoms with van der Waals surface area (Å²) in [7, 11) is 0. The molecule has 1 N–H and O–H groups in total. The second-order valence-corrected chi connectivity index (χ2v) is 8.44. The fraction of sp³-hybridized carbons (Fsp3) is 0.440. The van der Waals surface area contributed by atoms with Crippen molar-refractivity contribution in [1.29, 1.82) is 0 Å². The van der Waals surface area contributed by atoms with Gasteiger partial charge in [0.1, 0.15) is 0 Å². The number of aromatic nitrogens is 3. The molecule has 1 saturated carbocycles. The van der Waals surface area contributed by atoms with Gasteiger partial charge in [-0.2, -0.15) is 4.98 Å². The van der Waals surface area contributed by atoms with E-state index in [9.17, 15) is 4.79 Å². The van der Waals surface area contributed by atoms with E-state index in [0.717, 1.165) is 35.6 Å². The first-order valence-corrected chi connectivity index (χ1v) is 11.3. The minimum absolute atomic E-state index is 0.103. The maximum Gasteiger partial charge on any atom is 0.231 e. The lowest BCUT2D eigenvalue weighted by atomic mass is 9.79. The molecule has 0 radical (unpaired) electrons. The highest BCUT2D eigenvalue weighted by atomic mass is 16.5. The zero-order valence-electron chi connectivity index (χ0n) is 18.1. The van der Waals surface area contributed by atoms with Crippen LogP contribution in [-0.2, 0) is 11.2 Å². The number of anilines is 1. The largest absolute Gasteiger partial charge is 0.339 e. The van der Waals surface area contributed by atoms with E-state index < -0.39 is 0 Å². The maximum absolute atomic E-state index is 12.9. The monoisotopic (exact) mass is 418 g/mol. The number of nitrogens with one attached hydrogen (secondary N) is 1. The third-order valence-corrected chi connectivity index (χ3v) is 6.19. The SMILES string of the molecule is CCCCC1CCC(C(=O)Nc2ccccc2Cc2nc(-c3cccnc3)no2)CC1. The van der Waals surface area contributed by atoms with Crippen molar-refractivity contribution >= 4 is 11.6 Å². The second kappa shape index (κ2) is 10.3. The minimum atomic E-state index is 0.103. The molecular weight excluding hydrogens is 388 g/mol. The first-order valence-electron chi connectivity index (χ1n) is 11.3. The Kier molecular flexibility index (Phi) is 7.07. The average Bonchev–Trinajstić information content (AvgIpc) is 3.28. The summed E-state index contributed by atoms with van der Waals surface area (Å²) in [5.41, 5.74) is 2.60. The highest BCUT2D eigenvalue weighted by Crippen LogP contribution is 2.33. The predicted octanol–water partition coefficient (Wildman–Crippen LogP) is 5.66. The van der Waals surface area contributed by atoms with Crippen molar-refractivity contribution < 1.29 is 9.32 Å². The molecule has 6 nitrogen and oxygen atoms in total. The molecule has 1 amide bonds. The highest BCUT2D eigenvalue weighted by molar-refractivity contribution is 5.93. The highest BCUT2D eigenvalue weighted by Gasteiger charge is 2.26. The van der Waals surface area contributed by atoms with Gasteiger partial charge in [-0.05, 0) is 55.4 Å². The topological polar surface area (TPSA) is 80.9 Å². The normalized spacial score (nSPS) is 18.6. The number of nitrogens with zero attached hydrogens (tertiary/aromatic N) is 3. The van der Waals surface area contributed by atoms with Gasteiger partial charge in [0.15, 0.2) is 0 Å². The van der Waals surface area contributed by atoms with Gasteiger partial charge in [-0.1, -0.05) is 49.5 Å². The van der Waals surface area contributed by atoms with Crippen LogP contribution in [0.25, 0.3) is 11.4 Å². The van der Waals surface area contributed by atoms with E-state index in [1.165, 1.54) is 32.1 Å². The summed E-state index contributed by atoms with van der Waals surface area (Å²) in [6, 6.07) is 11.6. The quantitative estimate of drug-likeness (QED) is 0.511. The second-order valence-electron chi connectivity index (χ2n) is 8.44. The molecule has 0 unspecified atom stereocenters. The fourth-order valence-electron chi connectivity index (χ4n) is 4.34. The van der Waals surface area contributed by atoms with Gasteiger partial charge in [-0.3, -0.25) is 9.78 Å². The van der Waals surface area contributed by atoms with Crippen LogP contribution < -0.4 is 5.32 Å². The average molecular weight is 419 g/mol. The van der Waals surface area contributed by atoms with Crippen LogP contribution in [0, 0.1) is 11.8 Å². The van der Waals surface area contributed by atoms with Crippen molar-refractivity contribution in [1.82, 2.24) is 15.1 Å². The zero-order chi connectivity index (χ0) is 21.5. The van der Waals surface area contributed by atoms with Crippen LogP contribution in [0.1, 0.15) is 63.3 Å². The van der Waals surface area contributed by atoms with Gasteiger partial charge >= 0.3 is 0 Å². The Labute approximate surface area is 183 Å². The summed E-state index contributed by atoms with van der Waals surface area (Å²) in [6.45, 7) is 2.24. The maximum atomic E-state index is 12.9. The molecule has 0 bridgehead atoms. The molecule has 1 aliphatic rings. The molecule has 31 heavy (non-hydrogen) atoms. The Hall–Kier alpha value is -3.02. The lowest BCUT2D eigenvalue weighted by Gasteiger charge is -2.28. The molecule has 2 aromatic heterocycles. The molecule has 162 valence electrons. The lowest BCUT2D eigenvalue weighted by Crippen LogP contribution is -2.27. The van der Waals surface area contributed by atoms with E-state index in [1.807, 2.05) is 36.4 Å². The Balaban J connectivity index is 1.38. The molecule has 1 fully saturated rings. The number of pyridine rings is 1. The number of amides is 1. The zero-order valence-corrected chi connectivity index (χ0v) is 18.1. The summed E-state index contributed by atoms with van der Waals surface area (Å²) >= 11 is 0. The molecule has 1 aromatic carbocycles. The lowest BCUT2D eigenvalue weighted by molar-refractivity contribution is -0.121. The third kappa shape index (κ3) is 5.57. The van der Waals surface area contributed by atoms with Crippen LogP contribution in [0.5, 0.6) is 0 Å². The summed E-state index contributed by atoms with van der Waals surface area (Å²) in [5.74, 6) is 2.05. The van der Waals surface area contributed by atoms with E-state index in [0.29, 0.717) is 18.1 Å². The van der Waals surface area contributed by atoms with Crippen molar-refractivity contribution in [2.45, 2.75) is 58.3 Å². The minimum Gasteiger partial charge on any atom is -0.339 e. The number of benzene rings is 1. The molecule has 3 aromatic rings. The number of hydrogen-bond donors (Lipinski definition) is 1. The number of unbranched alkanes of at least 4 members (excludes halogenated alkanes) is 1. The van der Waals surface area contributed by atoms with Crippen LogP contribution in [0.2, 0.25) is 0 Å². The van der Waals surface area contributed by atoms with Gasteiger partial charge in [-0.15, -0.1) is 0 Å². The van der Waals surface area contributed by atoms with Gasteiger partial charge in [-0.25, -0.2) is 0 Å². The molecule has 2 heterocycles. The van der Waals surface area contributed by atoms with Crippen molar-refractivity contribution in [2.75, 3.05) is 5.32 Å². The number of carbonyl (C=O) groups excluding carboxylic acids is 1. The summed E-state index contributed by atoms with van der Waals surface area (Å²) in [6.07, 6.45) is 12.0. The first-order chi connectivity index (χ1) is 15.2. The molecular formula is C25H30N4O2. The summed E-state index contributed by atoms with van der Waals surface area (Å²) in [4.78, 5) is 21.5. The standard InChI is InChI=1S/C25H30N4O2/c1-2-3-7-18-11-13-19(14-12-18)25(30)27-22-10-5-4-8-20(22)16-23-28-24(29-31-23)21-9-6-15-26-17-21/h4-6,8-10,15,17-19H,2-3,7,11-14,16H2,1H3,(H,27,30). The van der Waals surface area contributed by atoms with Crippen LogP contribution >= 0.6 is 0 Å². The molecule has 6 heteroatoms. The number of para-hydroxylation sites is 1. The molecule has 0 atom stereocenters. The van der Waals surface area contributed by atoms with E-state index >= 15 is 0 Å². The Morgan fingerprint density at radius 1 is 1.13 bits per heavy atom. The van der Waals surface area contributed by atoms with E-state index in [2.05, 4.69) is 27.4 Å². The Bertz CT molecular complexity index is 978. The van der Waals surface area contributed by atoms with Crippen LogP contribution in [-0.4, -0.2) is 21.0 Å². The fourth-order valence-corrected chi connectivity index (χ4v) is 4.34. The van der Waals surface area contributed by atoms with Gasteiger partial charge in [0.2, 0.25) is 17.6 Å². The van der Waals surface area contributed by atoms with Crippen LogP contribution in [0.15, 0.2) is 53.3 Å². The first kappa shape index (κ1) is 21.2. The van der Waals surface area contributed by atoms with E-state index in [1.54, 1.807) is 12.4 Å². The predicted molar refractivity (Wildman–Crippen MR) is 120 cm³/mol. The molecule has 4 rings (SSSR count). The molecule has 1 aliphatic carbocycles. The van der Waals surface area contributed by atoms with E-state index in [4.69, 9.17) is 4.52 Å². The molecule has 0 aliphatic heterocycles. The number of rotatable bonds is 8. The van der Waals surface area contributed by atoms with Gasteiger partial charge < -0.3 is 9.84 Å². The van der Waals surface area contributed by atoms with Crippen molar-refractivity contribution in [3.05, 3.63) is 60.2 Å². The molecule has 0 spiro atoms. The van der Waals surface area contributed by atoms with E-state index in [-0.39, 0.29) is 11.8 Å². The third-order valence-electron chi connectivity index (χ3n) is 6.19. The van der Waals surface area contributed by atoms with Gasteiger partial charge in [0.05, 0.1) is 6.42 Å². The van der Waals surface area contributed by atoms with Crippen molar-refractivity contribution in [3.8, 4) is 11.4 Å². The smallest absolute Gasteiger partial charge is 0.231 e. The van der Waals surface area contributed by atoms with Gasteiger partial charge in [0, 0.05) is 29.6 Å². The summed E-state index contributed by atoms with van der Waals surface area (Å²) < 4.78 is 5.44. The Morgan fingerprint density at radius 3 is 2.74 bits per heavy atom. The van der Waals surface area contributed by atoms with Crippen LogP contribution in [0.3, 0.4) is 0 Å². The van der Waals surface area contributed by atoms with Crippen molar-refractivity contribution in [3.63, 3.8) is 0 Å². The van der Waals surface area contributed by atoms with Crippen LogP contribution in [0.4, 0.5) is 5.69 Å². The molecule has 0 saturated heterocycles. The number of carbonyl (C=O) groups is 1. The van der Waals surface area contributed by atoms with Crippen molar-refractivity contribution in [2.24, 2.45) is 11.8 Å². The number of hydrogen-bond acceptors (Lipinski definition) is 5. The summed E-state index contributed by atoms with van der Waals surface area (Å²) in [5, 5.41) is 7.22.